The van der Waals surface area contributed by atoms with E-state index in [2.05, 4.69) is 11.1 Å². The molecule has 0 spiro atoms. The average molecular weight is 245 g/mol. The SMILES string of the molecule is CC(=O)c1cc(C#N)c(SC(C)C#N)nc1C. The number of carbonyl (C=O) groups excluding carboxylic acids is 1. The maximum absolute atomic E-state index is 11.3. The number of rotatable bonds is 3. The number of thioether (sulfide) groups is 1. The maximum atomic E-state index is 11.3. The van der Waals surface area contributed by atoms with Crippen LogP contribution in [0.5, 0.6) is 0 Å². The Labute approximate surface area is 104 Å². The highest BCUT2D eigenvalue weighted by Crippen LogP contribution is 2.26. The van der Waals surface area contributed by atoms with Gasteiger partial charge in [0.2, 0.25) is 0 Å². The zero-order chi connectivity index (χ0) is 13.0. The molecule has 0 N–H and O–H groups in total. The first-order valence-electron chi connectivity index (χ1n) is 4.98. The van der Waals surface area contributed by atoms with E-state index in [0.717, 1.165) is 0 Å². The molecule has 86 valence electrons. The van der Waals surface area contributed by atoms with Crippen molar-refractivity contribution in [3.63, 3.8) is 0 Å². The lowest BCUT2D eigenvalue weighted by atomic mass is 10.1. The summed E-state index contributed by atoms with van der Waals surface area (Å²) in [5.74, 6) is -0.114. The highest BCUT2D eigenvalue weighted by atomic mass is 32.2. The fraction of sp³-hybridized carbons (Fsp3) is 0.333. The van der Waals surface area contributed by atoms with Gasteiger partial charge in [-0.3, -0.25) is 4.79 Å². The van der Waals surface area contributed by atoms with Gasteiger partial charge in [-0.2, -0.15) is 10.5 Å². The molecule has 0 saturated carbocycles. The van der Waals surface area contributed by atoms with Crippen molar-refractivity contribution in [2.24, 2.45) is 0 Å². The summed E-state index contributed by atoms with van der Waals surface area (Å²) in [5, 5.41) is 18.0. The zero-order valence-corrected chi connectivity index (χ0v) is 10.6. The molecule has 0 aliphatic rings. The van der Waals surface area contributed by atoms with Gasteiger partial charge >= 0.3 is 0 Å². The van der Waals surface area contributed by atoms with Crippen LogP contribution in [0.1, 0.15) is 35.5 Å². The molecule has 1 aromatic heterocycles. The molecule has 1 rings (SSSR count). The van der Waals surface area contributed by atoms with Crippen molar-refractivity contribution in [2.75, 3.05) is 0 Å². The monoisotopic (exact) mass is 245 g/mol. The topological polar surface area (TPSA) is 77.5 Å². The van der Waals surface area contributed by atoms with Crippen molar-refractivity contribution in [3.8, 4) is 12.1 Å². The molecular formula is C12H11N3OS. The van der Waals surface area contributed by atoms with Crippen molar-refractivity contribution >= 4 is 17.5 Å². The number of aromatic nitrogens is 1. The summed E-state index contributed by atoms with van der Waals surface area (Å²) in [5.41, 5.74) is 1.38. The third kappa shape index (κ3) is 3.05. The normalized spacial score (nSPS) is 11.4. The largest absolute Gasteiger partial charge is 0.294 e. The lowest BCUT2D eigenvalue weighted by Crippen LogP contribution is -2.03. The Morgan fingerprint density at radius 3 is 2.65 bits per heavy atom. The van der Waals surface area contributed by atoms with Crippen LogP contribution in [-0.2, 0) is 0 Å². The molecule has 0 bridgehead atoms. The Morgan fingerprint density at radius 2 is 2.18 bits per heavy atom. The molecular weight excluding hydrogens is 234 g/mol. The number of hydrogen-bond donors (Lipinski definition) is 0. The smallest absolute Gasteiger partial charge is 0.161 e. The Bertz CT molecular complexity index is 540. The van der Waals surface area contributed by atoms with Gasteiger partial charge < -0.3 is 0 Å². The van der Waals surface area contributed by atoms with Crippen LogP contribution in [0.15, 0.2) is 11.1 Å². The van der Waals surface area contributed by atoms with E-state index >= 15 is 0 Å². The van der Waals surface area contributed by atoms with Crippen LogP contribution in [0.4, 0.5) is 0 Å². The van der Waals surface area contributed by atoms with Gasteiger partial charge in [0, 0.05) is 11.3 Å². The van der Waals surface area contributed by atoms with E-state index in [9.17, 15) is 4.79 Å². The van der Waals surface area contributed by atoms with Gasteiger partial charge in [-0.25, -0.2) is 4.98 Å². The van der Waals surface area contributed by atoms with Gasteiger partial charge in [-0.1, -0.05) is 11.8 Å². The number of pyridine rings is 1. The summed E-state index contributed by atoms with van der Waals surface area (Å²) in [7, 11) is 0. The number of nitriles is 2. The third-order valence-corrected chi connectivity index (χ3v) is 3.14. The van der Waals surface area contributed by atoms with E-state index in [4.69, 9.17) is 10.5 Å². The standard InChI is InChI=1S/C12H11N3OS/c1-7(5-13)17-12-10(6-14)4-11(9(3)16)8(2)15-12/h4,7H,1-3H3. The predicted molar refractivity (Wildman–Crippen MR) is 64.6 cm³/mol. The lowest BCUT2D eigenvalue weighted by molar-refractivity contribution is 0.101. The van der Waals surface area contributed by atoms with Gasteiger partial charge in [0.25, 0.3) is 0 Å². The summed E-state index contributed by atoms with van der Waals surface area (Å²) in [4.78, 5) is 15.5. The van der Waals surface area contributed by atoms with E-state index < -0.39 is 0 Å². The molecule has 1 atom stereocenters. The van der Waals surface area contributed by atoms with Crippen molar-refractivity contribution in [1.82, 2.24) is 4.98 Å². The highest BCUT2D eigenvalue weighted by Gasteiger charge is 2.14. The van der Waals surface area contributed by atoms with Gasteiger partial charge in [-0.05, 0) is 26.8 Å². The Hall–Kier alpha value is -1.85. The predicted octanol–water partition coefficient (Wildman–Crippen LogP) is 2.47. The van der Waals surface area contributed by atoms with Crippen molar-refractivity contribution in [1.29, 1.82) is 10.5 Å². The molecule has 4 nitrogen and oxygen atoms in total. The molecule has 0 aliphatic carbocycles. The van der Waals surface area contributed by atoms with E-state index in [-0.39, 0.29) is 11.0 Å². The van der Waals surface area contributed by atoms with Crippen molar-refractivity contribution in [2.45, 2.75) is 31.0 Å². The number of aryl methyl sites for hydroxylation is 1. The molecule has 0 amide bonds. The fourth-order valence-corrected chi connectivity index (χ4v) is 2.11. The second-order valence-corrected chi connectivity index (χ2v) is 4.86. The molecule has 0 saturated heterocycles. The van der Waals surface area contributed by atoms with Gasteiger partial charge in [0.15, 0.2) is 5.78 Å². The first kappa shape index (κ1) is 13.2. The number of carbonyl (C=O) groups is 1. The van der Waals surface area contributed by atoms with Crippen molar-refractivity contribution in [3.05, 3.63) is 22.9 Å². The third-order valence-electron chi connectivity index (χ3n) is 2.15. The van der Waals surface area contributed by atoms with E-state index in [0.29, 0.717) is 21.8 Å². The summed E-state index contributed by atoms with van der Waals surface area (Å²) in [6, 6.07) is 5.61. The number of nitrogens with zero attached hydrogens (tertiary/aromatic N) is 3. The number of ketones is 1. The molecule has 0 fully saturated rings. The minimum Gasteiger partial charge on any atom is -0.294 e. The first-order valence-corrected chi connectivity index (χ1v) is 5.86. The summed E-state index contributed by atoms with van der Waals surface area (Å²) in [6.45, 7) is 4.90. The summed E-state index contributed by atoms with van der Waals surface area (Å²) in [6.07, 6.45) is 0. The van der Waals surface area contributed by atoms with Crippen molar-refractivity contribution < 1.29 is 4.79 Å². The molecule has 0 aromatic carbocycles. The molecule has 0 aliphatic heterocycles. The second kappa shape index (κ2) is 5.47. The van der Waals surface area contributed by atoms with Gasteiger partial charge in [-0.15, -0.1) is 0 Å². The van der Waals surface area contributed by atoms with Crippen LogP contribution in [0.2, 0.25) is 0 Å². The molecule has 0 radical (unpaired) electrons. The van der Waals surface area contributed by atoms with E-state index in [1.165, 1.54) is 24.8 Å². The van der Waals surface area contributed by atoms with Gasteiger partial charge in [0.05, 0.1) is 16.9 Å². The minimum atomic E-state index is -0.280. The molecule has 5 heteroatoms. The molecule has 1 heterocycles. The Balaban J connectivity index is 3.26. The average Bonchev–Trinajstić information content (AvgIpc) is 2.28. The van der Waals surface area contributed by atoms with E-state index in [1.54, 1.807) is 13.8 Å². The summed E-state index contributed by atoms with van der Waals surface area (Å²) < 4.78 is 0. The first-order chi connectivity index (χ1) is 7.99. The Morgan fingerprint density at radius 1 is 1.53 bits per heavy atom. The quantitative estimate of drug-likeness (QED) is 0.603. The lowest BCUT2D eigenvalue weighted by Gasteiger charge is -2.08. The molecule has 1 unspecified atom stereocenters. The van der Waals surface area contributed by atoms with Crippen LogP contribution in [0, 0.1) is 29.6 Å². The molecule has 1 aromatic rings. The zero-order valence-electron chi connectivity index (χ0n) is 9.81. The van der Waals surface area contributed by atoms with Gasteiger partial charge in [0.1, 0.15) is 11.1 Å². The van der Waals surface area contributed by atoms with E-state index in [1.807, 2.05) is 6.07 Å². The van der Waals surface area contributed by atoms with Crippen LogP contribution >= 0.6 is 11.8 Å². The van der Waals surface area contributed by atoms with Crippen LogP contribution in [0.3, 0.4) is 0 Å². The van der Waals surface area contributed by atoms with Crippen LogP contribution < -0.4 is 0 Å². The second-order valence-electron chi connectivity index (χ2n) is 3.53. The summed E-state index contributed by atoms with van der Waals surface area (Å²) >= 11 is 1.22. The highest BCUT2D eigenvalue weighted by molar-refractivity contribution is 8.00. The number of Topliss-reactive ketones (excluding diaryl/α,β-unsaturated/α-hetero) is 1. The molecule has 17 heavy (non-hydrogen) atoms. The fourth-order valence-electron chi connectivity index (χ4n) is 1.30. The minimum absolute atomic E-state index is 0.114. The van der Waals surface area contributed by atoms with Crippen LogP contribution in [-0.4, -0.2) is 16.0 Å². The Kier molecular flexibility index (Phi) is 4.25. The number of hydrogen-bond acceptors (Lipinski definition) is 5. The van der Waals surface area contributed by atoms with Crippen LogP contribution in [0.25, 0.3) is 0 Å². The maximum Gasteiger partial charge on any atom is 0.161 e.